The lowest BCUT2D eigenvalue weighted by Crippen LogP contribution is -2.07. The zero-order chi connectivity index (χ0) is 11.4. The van der Waals surface area contributed by atoms with Crippen molar-refractivity contribution in [2.75, 3.05) is 0 Å². The van der Waals surface area contributed by atoms with Gasteiger partial charge in [-0.15, -0.1) is 0 Å². The number of benzene rings is 1. The summed E-state index contributed by atoms with van der Waals surface area (Å²) in [7, 11) is 0. The SMILES string of the molecule is NC(=S)Sc1ccccc1C1CCCCC1. The Morgan fingerprint density at radius 2 is 1.88 bits per heavy atom. The maximum atomic E-state index is 5.62. The minimum absolute atomic E-state index is 0.517. The summed E-state index contributed by atoms with van der Waals surface area (Å²) in [6.45, 7) is 0. The Bertz CT molecular complexity index is 370. The van der Waals surface area contributed by atoms with Gasteiger partial charge in [0.25, 0.3) is 0 Å². The van der Waals surface area contributed by atoms with Crippen LogP contribution in [0.25, 0.3) is 0 Å². The molecule has 86 valence electrons. The smallest absolute Gasteiger partial charge is 0.136 e. The van der Waals surface area contributed by atoms with Crippen LogP contribution in [-0.4, -0.2) is 4.32 Å². The molecule has 0 radical (unpaired) electrons. The molecule has 0 amide bonds. The number of hydrogen-bond acceptors (Lipinski definition) is 2. The van der Waals surface area contributed by atoms with Crippen molar-refractivity contribution in [2.45, 2.75) is 42.9 Å². The highest BCUT2D eigenvalue weighted by molar-refractivity contribution is 8.23. The third-order valence-electron chi connectivity index (χ3n) is 3.17. The Morgan fingerprint density at radius 1 is 1.19 bits per heavy atom. The summed E-state index contributed by atoms with van der Waals surface area (Å²) in [5.41, 5.74) is 7.06. The molecule has 1 nitrogen and oxygen atoms in total. The highest BCUT2D eigenvalue weighted by Gasteiger charge is 2.18. The van der Waals surface area contributed by atoms with Crippen LogP contribution in [-0.2, 0) is 0 Å². The van der Waals surface area contributed by atoms with Crippen molar-refractivity contribution in [1.82, 2.24) is 0 Å². The molecule has 3 heteroatoms. The molecule has 16 heavy (non-hydrogen) atoms. The summed E-state index contributed by atoms with van der Waals surface area (Å²) < 4.78 is 0.517. The van der Waals surface area contributed by atoms with Crippen molar-refractivity contribution in [3.8, 4) is 0 Å². The second-order valence-corrected chi connectivity index (χ2v) is 6.08. The number of thioether (sulfide) groups is 1. The zero-order valence-corrected chi connectivity index (χ0v) is 10.9. The minimum Gasteiger partial charge on any atom is -0.384 e. The van der Waals surface area contributed by atoms with Crippen LogP contribution in [0.4, 0.5) is 0 Å². The van der Waals surface area contributed by atoms with E-state index in [9.17, 15) is 0 Å². The molecule has 2 rings (SSSR count). The van der Waals surface area contributed by atoms with Crippen LogP contribution >= 0.6 is 24.0 Å². The zero-order valence-electron chi connectivity index (χ0n) is 9.32. The van der Waals surface area contributed by atoms with Gasteiger partial charge in [0.1, 0.15) is 4.32 Å². The summed E-state index contributed by atoms with van der Waals surface area (Å²) in [5, 5.41) is 0. The third-order valence-corrected chi connectivity index (χ3v) is 4.22. The molecule has 1 fully saturated rings. The van der Waals surface area contributed by atoms with Crippen molar-refractivity contribution < 1.29 is 0 Å². The molecule has 0 saturated heterocycles. The van der Waals surface area contributed by atoms with Gasteiger partial charge in [0.15, 0.2) is 0 Å². The maximum absolute atomic E-state index is 5.62. The molecule has 0 aromatic heterocycles. The van der Waals surface area contributed by atoms with Gasteiger partial charge in [-0.3, -0.25) is 0 Å². The molecule has 0 spiro atoms. The molecule has 0 bridgehead atoms. The lowest BCUT2D eigenvalue weighted by atomic mass is 9.84. The Hall–Kier alpha value is -0.540. The Morgan fingerprint density at radius 3 is 2.56 bits per heavy atom. The van der Waals surface area contributed by atoms with Gasteiger partial charge < -0.3 is 5.73 Å². The predicted octanol–water partition coefficient (Wildman–Crippen LogP) is 4.07. The fourth-order valence-electron chi connectivity index (χ4n) is 2.43. The van der Waals surface area contributed by atoms with Crippen molar-refractivity contribution >= 4 is 28.3 Å². The molecule has 0 atom stereocenters. The average Bonchev–Trinajstić information content (AvgIpc) is 2.30. The van der Waals surface area contributed by atoms with Gasteiger partial charge in [-0.05, 0) is 30.4 Å². The molecule has 0 aliphatic heterocycles. The summed E-state index contributed by atoms with van der Waals surface area (Å²) >= 11 is 6.51. The summed E-state index contributed by atoms with van der Waals surface area (Å²) in [5.74, 6) is 0.715. The van der Waals surface area contributed by atoms with Gasteiger partial charge in [-0.2, -0.15) is 0 Å². The molecule has 1 aliphatic rings. The van der Waals surface area contributed by atoms with Gasteiger partial charge >= 0.3 is 0 Å². The van der Waals surface area contributed by atoms with Crippen molar-refractivity contribution in [3.05, 3.63) is 29.8 Å². The van der Waals surface area contributed by atoms with Crippen LogP contribution in [0.15, 0.2) is 29.2 Å². The maximum Gasteiger partial charge on any atom is 0.136 e. The topological polar surface area (TPSA) is 26.0 Å². The van der Waals surface area contributed by atoms with E-state index in [0.717, 1.165) is 0 Å². The summed E-state index contributed by atoms with van der Waals surface area (Å²) in [6, 6.07) is 8.55. The lowest BCUT2D eigenvalue weighted by Gasteiger charge is -2.23. The van der Waals surface area contributed by atoms with E-state index in [2.05, 4.69) is 24.3 Å². The molecular formula is C13H17NS2. The van der Waals surface area contributed by atoms with E-state index in [-0.39, 0.29) is 0 Å². The molecule has 0 unspecified atom stereocenters. The van der Waals surface area contributed by atoms with Crippen molar-refractivity contribution in [2.24, 2.45) is 5.73 Å². The van der Waals surface area contributed by atoms with E-state index >= 15 is 0 Å². The van der Waals surface area contributed by atoms with Crippen molar-refractivity contribution in [3.63, 3.8) is 0 Å². The third kappa shape index (κ3) is 2.98. The number of rotatable bonds is 2. The Balaban J connectivity index is 2.20. The Labute approximate surface area is 107 Å². The normalized spacial score (nSPS) is 17.2. The van der Waals surface area contributed by atoms with Crippen LogP contribution in [0.2, 0.25) is 0 Å². The standard InChI is InChI=1S/C13H17NS2/c14-13(15)16-12-9-5-4-8-11(12)10-6-2-1-3-7-10/h4-5,8-10H,1-3,6-7H2,(H2,14,15). The van der Waals surface area contributed by atoms with Gasteiger partial charge in [0.05, 0.1) is 0 Å². The second-order valence-electron chi connectivity index (χ2n) is 4.29. The predicted molar refractivity (Wildman–Crippen MR) is 74.9 cm³/mol. The first-order valence-corrected chi connectivity index (χ1v) is 7.06. The van der Waals surface area contributed by atoms with E-state index in [1.165, 1.54) is 54.3 Å². The lowest BCUT2D eigenvalue weighted by molar-refractivity contribution is 0.439. The van der Waals surface area contributed by atoms with Crippen LogP contribution < -0.4 is 5.73 Å². The molecular weight excluding hydrogens is 234 g/mol. The minimum atomic E-state index is 0.517. The van der Waals surface area contributed by atoms with E-state index in [4.69, 9.17) is 18.0 Å². The molecule has 1 aromatic rings. The van der Waals surface area contributed by atoms with E-state index in [0.29, 0.717) is 10.2 Å². The van der Waals surface area contributed by atoms with Gasteiger partial charge in [-0.1, -0.05) is 61.4 Å². The van der Waals surface area contributed by atoms with Crippen LogP contribution in [0, 0.1) is 0 Å². The highest BCUT2D eigenvalue weighted by atomic mass is 32.2. The highest BCUT2D eigenvalue weighted by Crippen LogP contribution is 2.37. The Kier molecular flexibility index (Phi) is 4.24. The van der Waals surface area contributed by atoms with E-state index in [1.54, 1.807) is 0 Å². The first kappa shape index (κ1) is 11.9. The fourth-order valence-corrected chi connectivity index (χ4v) is 3.42. The first-order valence-electron chi connectivity index (χ1n) is 5.83. The van der Waals surface area contributed by atoms with Crippen LogP contribution in [0.1, 0.15) is 43.6 Å². The van der Waals surface area contributed by atoms with Gasteiger partial charge in [-0.25, -0.2) is 0 Å². The average molecular weight is 251 g/mol. The molecule has 1 aromatic carbocycles. The van der Waals surface area contributed by atoms with Gasteiger partial charge in [0, 0.05) is 4.90 Å². The summed E-state index contributed by atoms with van der Waals surface area (Å²) in [6.07, 6.45) is 6.73. The molecule has 0 heterocycles. The molecule has 1 aliphatic carbocycles. The fraction of sp³-hybridized carbons (Fsp3) is 0.462. The van der Waals surface area contributed by atoms with E-state index in [1.807, 2.05) is 0 Å². The van der Waals surface area contributed by atoms with Crippen LogP contribution in [0.3, 0.4) is 0 Å². The number of nitrogens with two attached hydrogens (primary N) is 1. The van der Waals surface area contributed by atoms with E-state index < -0.39 is 0 Å². The van der Waals surface area contributed by atoms with Crippen LogP contribution in [0.5, 0.6) is 0 Å². The largest absolute Gasteiger partial charge is 0.384 e. The second kappa shape index (κ2) is 5.69. The molecule has 1 saturated carbocycles. The number of thiocarbonyl (C=S) groups is 1. The molecule has 2 N–H and O–H groups in total. The van der Waals surface area contributed by atoms with Gasteiger partial charge in [0.2, 0.25) is 0 Å². The number of hydrogen-bond donors (Lipinski definition) is 1. The summed E-state index contributed by atoms with van der Waals surface area (Å²) in [4.78, 5) is 1.25. The first-order chi connectivity index (χ1) is 7.77. The van der Waals surface area contributed by atoms with Crippen molar-refractivity contribution in [1.29, 1.82) is 0 Å². The monoisotopic (exact) mass is 251 g/mol. The quantitative estimate of drug-likeness (QED) is 0.634.